The number of rotatable bonds is 4. The molecule has 0 spiro atoms. The van der Waals surface area contributed by atoms with Crippen molar-refractivity contribution in [3.8, 4) is 0 Å². The second-order valence-corrected chi connectivity index (χ2v) is 2.72. The van der Waals surface area contributed by atoms with Crippen LogP contribution in [-0.2, 0) is 9.74 Å². The lowest BCUT2D eigenvalue weighted by molar-refractivity contribution is -0.213. The molecule has 0 bridgehead atoms. The molecule has 0 aromatic carbocycles. The van der Waals surface area contributed by atoms with E-state index >= 15 is 0 Å². The van der Waals surface area contributed by atoms with Crippen molar-refractivity contribution in [2.24, 2.45) is 11.7 Å². The van der Waals surface area contributed by atoms with E-state index in [9.17, 15) is 31.3 Å². The molecular formula is C6H7F6NO2. The molecule has 0 saturated heterocycles. The van der Waals surface area contributed by atoms with Gasteiger partial charge in [0.2, 0.25) is 6.43 Å². The van der Waals surface area contributed by atoms with Crippen LogP contribution in [-0.4, -0.2) is 24.6 Å². The van der Waals surface area contributed by atoms with Crippen LogP contribution in [0.3, 0.4) is 0 Å². The van der Waals surface area contributed by atoms with Gasteiger partial charge in [0.15, 0.2) is 0 Å². The summed E-state index contributed by atoms with van der Waals surface area (Å²) in [5.41, 5.74) is 4.72. The highest BCUT2D eigenvalue weighted by atomic mass is 19.4. The number of carbonyl (C=O) groups is 1. The van der Waals surface area contributed by atoms with Crippen molar-refractivity contribution in [3.63, 3.8) is 0 Å². The molecule has 1 unspecified atom stereocenters. The van der Waals surface area contributed by atoms with Crippen LogP contribution in [0.2, 0.25) is 0 Å². The van der Waals surface area contributed by atoms with Gasteiger partial charge in [0, 0.05) is 4.53 Å². The van der Waals surface area contributed by atoms with Crippen molar-refractivity contribution in [1.82, 2.24) is 0 Å². The van der Waals surface area contributed by atoms with Gasteiger partial charge in [-0.1, -0.05) is 0 Å². The van der Waals surface area contributed by atoms with Crippen molar-refractivity contribution < 1.29 is 36.2 Å². The van der Waals surface area contributed by atoms with Crippen LogP contribution < -0.4 is 5.73 Å². The lowest BCUT2D eigenvalue weighted by Crippen LogP contribution is -2.40. The largest absolute Gasteiger partial charge is 0.397 e. The van der Waals surface area contributed by atoms with Crippen LogP contribution in [0.1, 0.15) is 6.42 Å². The van der Waals surface area contributed by atoms with Crippen LogP contribution in [0, 0.1) is 5.92 Å². The van der Waals surface area contributed by atoms with E-state index in [1.807, 2.05) is 0 Å². The highest BCUT2D eigenvalue weighted by Gasteiger charge is 2.47. The van der Waals surface area contributed by atoms with E-state index in [1.165, 1.54) is 0 Å². The standard InChI is InChI=1S/C6H7F6NO2/c7-4(8)2(6(9,10)11)1-3(13)5(14)15-12/h2-4H,1,13H2/t2?,3-/m0/s1. The average molecular weight is 239 g/mol. The van der Waals surface area contributed by atoms with Gasteiger partial charge in [-0.15, -0.1) is 0 Å². The van der Waals surface area contributed by atoms with Crippen LogP contribution >= 0.6 is 0 Å². The maximum atomic E-state index is 11.9. The Morgan fingerprint density at radius 1 is 1.33 bits per heavy atom. The number of halogens is 6. The quantitative estimate of drug-likeness (QED) is 0.757. The minimum Gasteiger partial charge on any atom is -0.318 e. The molecule has 0 fully saturated rings. The zero-order valence-corrected chi connectivity index (χ0v) is 7.10. The van der Waals surface area contributed by atoms with E-state index in [4.69, 9.17) is 5.73 Å². The number of carbonyl (C=O) groups excluding carboxylic acids is 1. The molecule has 3 nitrogen and oxygen atoms in total. The molecule has 0 saturated carbocycles. The zero-order chi connectivity index (χ0) is 12.2. The molecule has 9 heteroatoms. The Morgan fingerprint density at radius 3 is 2.07 bits per heavy atom. The summed E-state index contributed by atoms with van der Waals surface area (Å²) < 4.78 is 70.7. The highest BCUT2D eigenvalue weighted by molar-refractivity contribution is 5.74. The molecule has 0 amide bonds. The third kappa shape index (κ3) is 4.36. The fraction of sp³-hybridized carbons (Fsp3) is 0.833. The van der Waals surface area contributed by atoms with Gasteiger partial charge in [-0.3, -0.25) is 4.94 Å². The van der Waals surface area contributed by atoms with Gasteiger partial charge in [0.1, 0.15) is 12.0 Å². The monoisotopic (exact) mass is 239 g/mol. The molecule has 0 aliphatic carbocycles. The van der Waals surface area contributed by atoms with Crippen molar-refractivity contribution in [2.75, 3.05) is 0 Å². The predicted molar refractivity (Wildman–Crippen MR) is 35.3 cm³/mol. The van der Waals surface area contributed by atoms with Crippen LogP contribution in [0.5, 0.6) is 0 Å². The van der Waals surface area contributed by atoms with Crippen molar-refractivity contribution in [1.29, 1.82) is 0 Å². The smallest absolute Gasteiger partial charge is 0.318 e. The summed E-state index contributed by atoms with van der Waals surface area (Å²) in [4.78, 5) is 12.8. The minimum atomic E-state index is -5.21. The molecule has 2 atom stereocenters. The molecule has 0 aromatic rings. The summed E-state index contributed by atoms with van der Waals surface area (Å²) in [6.07, 6.45) is -10.4. The van der Waals surface area contributed by atoms with Crippen LogP contribution in [0.4, 0.5) is 26.5 Å². The van der Waals surface area contributed by atoms with E-state index in [0.29, 0.717) is 0 Å². The summed E-state index contributed by atoms with van der Waals surface area (Å²) in [6.45, 7) is 0. The van der Waals surface area contributed by atoms with Gasteiger partial charge in [-0.25, -0.2) is 13.6 Å². The summed E-state index contributed by atoms with van der Waals surface area (Å²) >= 11 is 0. The molecule has 0 rings (SSSR count). The molecule has 0 aliphatic rings. The second-order valence-electron chi connectivity index (χ2n) is 2.72. The first-order valence-corrected chi connectivity index (χ1v) is 3.63. The summed E-state index contributed by atoms with van der Waals surface area (Å²) in [5.74, 6) is -4.89. The van der Waals surface area contributed by atoms with Crippen LogP contribution in [0.15, 0.2) is 0 Å². The van der Waals surface area contributed by atoms with E-state index in [0.717, 1.165) is 0 Å². The highest BCUT2D eigenvalue weighted by Crippen LogP contribution is 2.34. The van der Waals surface area contributed by atoms with Gasteiger partial charge in [-0.2, -0.15) is 13.2 Å². The van der Waals surface area contributed by atoms with Crippen molar-refractivity contribution in [3.05, 3.63) is 0 Å². The number of alkyl halides is 5. The molecule has 15 heavy (non-hydrogen) atoms. The van der Waals surface area contributed by atoms with Crippen molar-refractivity contribution >= 4 is 5.97 Å². The summed E-state index contributed by atoms with van der Waals surface area (Å²) in [6, 6.07) is -2.07. The Balaban J connectivity index is 4.50. The lowest BCUT2D eigenvalue weighted by atomic mass is 10.0. The number of hydrogen-bond donors (Lipinski definition) is 1. The maximum absolute atomic E-state index is 11.9. The summed E-state index contributed by atoms with van der Waals surface area (Å²) in [5, 5.41) is 0. The SMILES string of the molecule is N[C@@H](CC(C(F)F)C(F)(F)F)C(=O)OF. The maximum Gasteiger partial charge on any atom is 0.397 e. The molecule has 0 heterocycles. The Morgan fingerprint density at radius 2 is 1.80 bits per heavy atom. The first kappa shape index (κ1) is 14.0. The van der Waals surface area contributed by atoms with Gasteiger partial charge in [0.05, 0.1) is 0 Å². The Labute approximate surface area is 80.1 Å². The molecule has 0 aliphatic heterocycles. The number of hydrogen-bond acceptors (Lipinski definition) is 3. The molecular weight excluding hydrogens is 232 g/mol. The Bertz CT molecular complexity index is 218. The van der Waals surface area contributed by atoms with Gasteiger partial charge in [0.25, 0.3) is 0 Å². The topological polar surface area (TPSA) is 52.3 Å². The van der Waals surface area contributed by atoms with E-state index in [1.54, 1.807) is 0 Å². The lowest BCUT2D eigenvalue weighted by Gasteiger charge is -2.20. The third-order valence-corrected chi connectivity index (χ3v) is 1.61. The minimum absolute atomic E-state index is 1.43. The van der Waals surface area contributed by atoms with E-state index in [-0.39, 0.29) is 0 Å². The van der Waals surface area contributed by atoms with Gasteiger partial charge < -0.3 is 5.73 Å². The van der Waals surface area contributed by atoms with Gasteiger partial charge >= 0.3 is 12.1 Å². The molecule has 0 aromatic heterocycles. The third-order valence-electron chi connectivity index (χ3n) is 1.61. The fourth-order valence-electron chi connectivity index (χ4n) is 0.806. The average Bonchev–Trinajstić information content (AvgIpc) is 2.09. The van der Waals surface area contributed by atoms with E-state index in [2.05, 4.69) is 4.94 Å². The van der Waals surface area contributed by atoms with E-state index < -0.39 is 37.0 Å². The number of nitrogens with two attached hydrogens (primary N) is 1. The first-order chi connectivity index (χ1) is 6.70. The zero-order valence-electron chi connectivity index (χ0n) is 7.10. The Hall–Kier alpha value is -0.990. The Kier molecular flexibility index (Phi) is 4.85. The predicted octanol–water partition coefficient (Wildman–Crippen LogP) is 1.58. The van der Waals surface area contributed by atoms with Crippen molar-refractivity contribution in [2.45, 2.75) is 25.1 Å². The van der Waals surface area contributed by atoms with Crippen LogP contribution in [0.25, 0.3) is 0 Å². The fourth-order valence-corrected chi connectivity index (χ4v) is 0.806. The normalized spacial score (nSPS) is 16.3. The molecule has 0 radical (unpaired) electrons. The first-order valence-electron chi connectivity index (χ1n) is 3.63. The van der Waals surface area contributed by atoms with Gasteiger partial charge in [-0.05, 0) is 6.42 Å². The molecule has 2 N–H and O–H groups in total. The summed E-state index contributed by atoms with van der Waals surface area (Å²) in [7, 11) is 0. The second kappa shape index (κ2) is 5.19. The molecule has 90 valence electrons.